The Kier molecular flexibility index (Phi) is 9.00. The molecule has 0 heterocycles. The van der Waals surface area contributed by atoms with Crippen molar-refractivity contribution < 1.29 is 9.79 Å². The second-order valence-electron chi connectivity index (χ2n) is 13.5. The molecule has 9 aromatic rings. The van der Waals surface area contributed by atoms with Crippen LogP contribution in [0.15, 0.2) is 218 Å². The minimum Gasteiger partial charge on any atom is -0.235 e. The number of fused-ring (bicyclic) bond motifs is 2. The minimum absolute atomic E-state index is 0.910. The topological polar surface area (TPSA) is 40.5 Å². The third-order valence-electron chi connectivity index (χ3n) is 10.5. The van der Waals surface area contributed by atoms with E-state index in [-0.39, 0.29) is 0 Å². The van der Waals surface area contributed by atoms with E-state index in [1.807, 2.05) is 84.9 Å². The Morgan fingerprint density at radius 2 is 0.463 bits per heavy atom. The molecule has 0 aliphatic carbocycles. The molecule has 0 saturated carbocycles. The van der Waals surface area contributed by atoms with Gasteiger partial charge in [0.25, 0.3) is 0 Å². The Balaban J connectivity index is 1.37. The van der Waals surface area contributed by atoms with Crippen molar-refractivity contribution in [1.29, 1.82) is 0 Å². The minimum atomic E-state index is -3.08. The molecule has 258 valence electrons. The zero-order valence-corrected chi connectivity index (χ0v) is 31.4. The Bertz CT molecular complexity index is 2410. The van der Waals surface area contributed by atoms with Crippen LogP contribution in [0.1, 0.15) is 0 Å². The van der Waals surface area contributed by atoms with Crippen molar-refractivity contribution in [1.82, 2.24) is 0 Å². The molecule has 0 unspecified atom stereocenters. The molecule has 9 aromatic carbocycles. The molecule has 0 spiro atoms. The fraction of sp³-hybridized carbons (Fsp3) is 0. The number of hydrogen-bond acceptors (Lipinski definition) is 2. The van der Waals surface area contributed by atoms with E-state index in [0.717, 1.165) is 75.6 Å². The first-order chi connectivity index (χ1) is 26.6. The van der Waals surface area contributed by atoms with Gasteiger partial charge in [-0.25, -0.2) is 9.79 Å². The van der Waals surface area contributed by atoms with Gasteiger partial charge < -0.3 is 0 Å². The van der Waals surface area contributed by atoms with Crippen molar-refractivity contribution >= 4 is 68.4 Å². The van der Waals surface area contributed by atoms with Crippen LogP contribution < -0.4 is 31.8 Å². The van der Waals surface area contributed by atoms with Crippen LogP contribution in [-0.2, 0) is 0 Å². The van der Waals surface area contributed by atoms with Crippen molar-refractivity contribution in [2.75, 3.05) is 0 Å². The van der Waals surface area contributed by atoms with Gasteiger partial charge in [-0.05, 0) is 82.2 Å². The normalized spacial score (nSPS) is 11.9. The van der Waals surface area contributed by atoms with Gasteiger partial charge in [-0.1, -0.05) is 158 Å². The van der Waals surface area contributed by atoms with Crippen LogP contribution in [-0.4, -0.2) is 9.79 Å². The second-order valence-corrected chi connectivity index (χ2v) is 19.1. The predicted octanol–water partition coefficient (Wildman–Crippen LogP) is 9.73. The van der Waals surface area contributed by atoms with E-state index in [1.54, 1.807) is 0 Å². The van der Waals surface area contributed by atoms with E-state index in [0.29, 0.717) is 0 Å². The molecular formula is C50H38O2P2+2. The fourth-order valence-electron chi connectivity index (χ4n) is 8.07. The van der Waals surface area contributed by atoms with Gasteiger partial charge in [-0.2, -0.15) is 0 Å². The van der Waals surface area contributed by atoms with Crippen LogP contribution in [0.25, 0.3) is 43.8 Å². The maximum absolute atomic E-state index is 13.3. The van der Waals surface area contributed by atoms with Crippen molar-refractivity contribution in [3.8, 4) is 22.3 Å². The SMILES string of the molecule is O[P+](c1ccccc1)(c1ccccc1)c1ccccc1-c1c2ccccc2c(-c2ccccc2[P+](O)(c2ccccc2)c2ccccc2)c2ccccc12. The van der Waals surface area contributed by atoms with Crippen molar-refractivity contribution in [2.24, 2.45) is 0 Å². The Labute approximate surface area is 317 Å². The zero-order valence-electron chi connectivity index (χ0n) is 29.6. The molecule has 2 N–H and O–H groups in total. The summed E-state index contributed by atoms with van der Waals surface area (Å²) in [5.74, 6) is 0. The van der Waals surface area contributed by atoms with Gasteiger partial charge >= 0.3 is 0 Å². The van der Waals surface area contributed by atoms with Crippen LogP contribution >= 0.6 is 15.0 Å². The molecule has 9 rings (SSSR count). The summed E-state index contributed by atoms with van der Waals surface area (Å²) in [7, 11) is -6.16. The van der Waals surface area contributed by atoms with E-state index in [1.165, 1.54) is 0 Å². The lowest BCUT2D eigenvalue weighted by atomic mass is 9.86. The van der Waals surface area contributed by atoms with E-state index in [4.69, 9.17) is 0 Å². The van der Waals surface area contributed by atoms with Crippen LogP contribution in [0.3, 0.4) is 0 Å². The first-order valence-electron chi connectivity index (χ1n) is 18.2. The lowest BCUT2D eigenvalue weighted by Gasteiger charge is -2.25. The largest absolute Gasteiger partial charge is 0.239 e. The van der Waals surface area contributed by atoms with Crippen LogP contribution in [0.4, 0.5) is 0 Å². The summed E-state index contributed by atoms with van der Waals surface area (Å²) in [6.45, 7) is 0. The summed E-state index contributed by atoms with van der Waals surface area (Å²) >= 11 is 0. The highest BCUT2D eigenvalue weighted by Crippen LogP contribution is 2.56. The third-order valence-corrected chi connectivity index (χ3v) is 16.9. The molecule has 0 saturated heterocycles. The van der Waals surface area contributed by atoms with Crippen molar-refractivity contribution in [3.05, 3.63) is 218 Å². The lowest BCUT2D eigenvalue weighted by molar-refractivity contribution is 0.632. The van der Waals surface area contributed by atoms with Crippen LogP contribution in [0.2, 0.25) is 0 Å². The van der Waals surface area contributed by atoms with Gasteiger partial charge in [-0.15, -0.1) is 0 Å². The molecular weight excluding hydrogens is 694 g/mol. The van der Waals surface area contributed by atoms with Gasteiger partial charge in [0.15, 0.2) is 0 Å². The average Bonchev–Trinajstić information content (AvgIpc) is 3.26. The van der Waals surface area contributed by atoms with E-state index in [9.17, 15) is 9.79 Å². The van der Waals surface area contributed by atoms with Gasteiger partial charge in [0.2, 0.25) is 15.0 Å². The quantitative estimate of drug-likeness (QED) is 0.121. The standard InChI is InChI=1S/C50H38O2P2/c51-53(37-21-5-1-6-22-37,38-23-7-2-8-24-38)47-35-19-17-33-45(47)49-41-29-13-15-31-43(41)50(44-32-16-14-30-42(44)49)46-34-18-20-36-48(46)54(52,39-25-9-3-10-26-39)40-27-11-4-12-28-40/h1-36,51-52H/q+2. The van der Waals surface area contributed by atoms with Gasteiger partial charge in [0.05, 0.1) is 0 Å². The first-order valence-corrected chi connectivity index (χ1v) is 21.7. The van der Waals surface area contributed by atoms with Gasteiger partial charge in [0.1, 0.15) is 31.8 Å². The number of benzene rings is 9. The van der Waals surface area contributed by atoms with E-state index >= 15 is 0 Å². The summed E-state index contributed by atoms with van der Waals surface area (Å²) in [4.78, 5) is 26.5. The van der Waals surface area contributed by atoms with E-state index < -0.39 is 15.0 Å². The molecule has 0 bridgehead atoms. The summed E-state index contributed by atoms with van der Waals surface area (Å²) in [5.41, 5.74) is 4.18. The molecule has 0 atom stereocenters. The average molecular weight is 733 g/mol. The molecule has 54 heavy (non-hydrogen) atoms. The summed E-state index contributed by atoms with van der Waals surface area (Å²) in [6, 6.07) is 74.6. The zero-order chi connectivity index (χ0) is 36.5. The molecule has 4 heteroatoms. The maximum Gasteiger partial charge on any atom is 0.239 e. The molecule has 0 amide bonds. The maximum atomic E-state index is 13.3. The molecule has 0 fully saturated rings. The Morgan fingerprint density at radius 3 is 0.741 bits per heavy atom. The molecule has 0 radical (unpaired) electrons. The summed E-state index contributed by atoms with van der Waals surface area (Å²) in [6.07, 6.45) is 0. The highest BCUT2D eigenvalue weighted by Gasteiger charge is 2.48. The molecule has 0 aliphatic rings. The third kappa shape index (κ3) is 5.59. The smallest absolute Gasteiger partial charge is 0.235 e. The van der Waals surface area contributed by atoms with Crippen molar-refractivity contribution in [3.63, 3.8) is 0 Å². The monoisotopic (exact) mass is 732 g/mol. The lowest BCUT2D eigenvalue weighted by Crippen LogP contribution is -2.32. The number of rotatable bonds is 8. The molecule has 0 aliphatic heterocycles. The number of hydrogen-bond donors (Lipinski definition) is 2. The van der Waals surface area contributed by atoms with Crippen molar-refractivity contribution in [2.45, 2.75) is 0 Å². The predicted molar refractivity (Wildman–Crippen MR) is 234 cm³/mol. The van der Waals surface area contributed by atoms with Crippen LogP contribution in [0.5, 0.6) is 0 Å². The van der Waals surface area contributed by atoms with E-state index in [2.05, 4.69) is 133 Å². The van der Waals surface area contributed by atoms with Gasteiger partial charge in [0, 0.05) is 22.3 Å². The summed E-state index contributed by atoms with van der Waals surface area (Å²) < 4.78 is 0. The highest BCUT2D eigenvalue weighted by atomic mass is 31.2. The Hall–Kier alpha value is -5.72. The van der Waals surface area contributed by atoms with Gasteiger partial charge in [-0.3, -0.25) is 0 Å². The highest BCUT2D eigenvalue weighted by molar-refractivity contribution is 7.91. The van der Waals surface area contributed by atoms with Crippen LogP contribution in [0, 0.1) is 0 Å². The second kappa shape index (κ2) is 14.3. The molecule has 0 aromatic heterocycles. The summed E-state index contributed by atoms with van der Waals surface area (Å²) in [5, 5.41) is 9.81. The fourth-order valence-corrected chi connectivity index (χ4v) is 13.9. The Morgan fingerprint density at radius 1 is 0.241 bits per heavy atom. The first kappa shape index (κ1) is 34.1. The molecule has 2 nitrogen and oxygen atoms in total.